The maximum Gasteiger partial charge on any atom is 0.161 e. The molecule has 0 aliphatic carbocycles. The molecule has 0 saturated carbocycles. The lowest BCUT2D eigenvalue weighted by Gasteiger charge is -2.16. The maximum absolute atomic E-state index is 9.95. The predicted molar refractivity (Wildman–Crippen MR) is 112 cm³/mol. The molecule has 1 unspecified atom stereocenters. The molecule has 0 saturated heterocycles. The van der Waals surface area contributed by atoms with E-state index in [-0.39, 0.29) is 11.8 Å². The molecule has 140 valence electrons. The van der Waals surface area contributed by atoms with Gasteiger partial charge in [0.1, 0.15) is 0 Å². The molecule has 0 aliphatic heterocycles. The molecule has 0 aliphatic rings. The van der Waals surface area contributed by atoms with Gasteiger partial charge in [-0.1, -0.05) is 40.2 Å². The second-order valence-corrected chi connectivity index (χ2v) is 7.25. The van der Waals surface area contributed by atoms with Gasteiger partial charge in [0.25, 0.3) is 0 Å². The van der Waals surface area contributed by atoms with Crippen LogP contribution >= 0.6 is 15.9 Å². The molecule has 4 nitrogen and oxygen atoms in total. The van der Waals surface area contributed by atoms with E-state index in [2.05, 4.69) is 57.4 Å². The van der Waals surface area contributed by atoms with E-state index < -0.39 is 0 Å². The van der Waals surface area contributed by atoms with Crippen LogP contribution in [0.5, 0.6) is 11.5 Å². The second kappa shape index (κ2) is 9.02. The highest BCUT2D eigenvalue weighted by Gasteiger charge is 2.10. The van der Waals surface area contributed by atoms with Gasteiger partial charge in [0.05, 0.1) is 7.11 Å². The van der Waals surface area contributed by atoms with Crippen molar-refractivity contribution in [3.8, 4) is 22.6 Å². The first-order valence-corrected chi connectivity index (χ1v) is 9.67. The summed E-state index contributed by atoms with van der Waals surface area (Å²) in [5.41, 5.74) is 4.64. The second-order valence-electron chi connectivity index (χ2n) is 6.40. The molecule has 27 heavy (non-hydrogen) atoms. The van der Waals surface area contributed by atoms with Crippen molar-refractivity contribution in [1.82, 2.24) is 10.3 Å². The summed E-state index contributed by atoms with van der Waals surface area (Å²) in [6.45, 7) is 2.96. The molecule has 0 fully saturated rings. The molecule has 0 amide bonds. The molecule has 2 N–H and O–H groups in total. The van der Waals surface area contributed by atoms with Crippen LogP contribution in [0.3, 0.4) is 0 Å². The quantitative estimate of drug-likeness (QED) is 0.550. The first-order chi connectivity index (χ1) is 13.1. The topological polar surface area (TPSA) is 54.4 Å². The van der Waals surface area contributed by atoms with Crippen LogP contribution in [0.1, 0.15) is 24.1 Å². The smallest absolute Gasteiger partial charge is 0.161 e. The van der Waals surface area contributed by atoms with Crippen LogP contribution in [0.25, 0.3) is 11.1 Å². The Hall–Kier alpha value is -2.37. The normalized spacial score (nSPS) is 12.0. The number of phenols is 1. The number of phenolic OH excluding ortho intramolecular Hbond substituents is 1. The molecule has 1 heterocycles. The van der Waals surface area contributed by atoms with E-state index in [0.29, 0.717) is 5.75 Å². The van der Waals surface area contributed by atoms with E-state index in [1.54, 1.807) is 19.2 Å². The first-order valence-electron chi connectivity index (χ1n) is 8.87. The molecule has 1 aromatic heterocycles. The Balaban J connectivity index is 1.58. The number of aromatic nitrogens is 1. The van der Waals surface area contributed by atoms with E-state index in [0.717, 1.165) is 23.0 Å². The Morgan fingerprint density at radius 1 is 1.07 bits per heavy atom. The third kappa shape index (κ3) is 4.87. The zero-order chi connectivity index (χ0) is 19.2. The van der Waals surface area contributed by atoms with Crippen molar-refractivity contribution in [3.63, 3.8) is 0 Å². The number of nitrogens with zero attached hydrogens (tertiary/aromatic N) is 1. The first kappa shape index (κ1) is 19.4. The minimum absolute atomic E-state index is 0.162. The van der Waals surface area contributed by atoms with Crippen LogP contribution in [0.15, 0.2) is 65.4 Å². The molecular weight excluding hydrogens is 404 g/mol. The van der Waals surface area contributed by atoms with E-state index in [4.69, 9.17) is 4.74 Å². The summed E-state index contributed by atoms with van der Waals surface area (Å²) < 4.78 is 6.06. The third-order valence-electron chi connectivity index (χ3n) is 4.62. The fourth-order valence-electron chi connectivity index (χ4n) is 2.99. The molecule has 0 radical (unpaired) electrons. The molecular formula is C22H23BrN2O2. The lowest BCUT2D eigenvalue weighted by Crippen LogP contribution is -2.21. The van der Waals surface area contributed by atoms with Gasteiger partial charge < -0.3 is 15.2 Å². The molecule has 3 rings (SSSR count). The largest absolute Gasteiger partial charge is 0.504 e. The van der Waals surface area contributed by atoms with Crippen molar-refractivity contribution in [3.05, 3.63) is 76.5 Å². The highest BCUT2D eigenvalue weighted by Crippen LogP contribution is 2.32. The van der Waals surface area contributed by atoms with Crippen molar-refractivity contribution in [1.29, 1.82) is 0 Å². The molecule has 2 aromatic carbocycles. The standard InChI is InChI=1S/C22H23BrN2O2/c1-15(16-3-5-17(6-4-16)18-7-10-24-11-8-18)25-12-9-19-13-21(26)22(27-2)14-20(19)23/h3-8,10-11,13-15,25-26H,9,12H2,1-2H3. The number of hydrogen-bond acceptors (Lipinski definition) is 4. The van der Waals surface area contributed by atoms with Crippen LogP contribution in [-0.4, -0.2) is 23.7 Å². The van der Waals surface area contributed by atoms with Gasteiger partial charge in [-0.2, -0.15) is 0 Å². The lowest BCUT2D eigenvalue weighted by molar-refractivity contribution is 0.372. The van der Waals surface area contributed by atoms with Crippen molar-refractivity contribution < 1.29 is 9.84 Å². The Kier molecular flexibility index (Phi) is 6.48. The number of rotatable bonds is 7. The monoisotopic (exact) mass is 426 g/mol. The van der Waals surface area contributed by atoms with Crippen molar-refractivity contribution in [2.45, 2.75) is 19.4 Å². The van der Waals surface area contributed by atoms with Gasteiger partial charge in [0, 0.05) is 22.9 Å². The van der Waals surface area contributed by atoms with Crippen LogP contribution < -0.4 is 10.1 Å². The van der Waals surface area contributed by atoms with Crippen LogP contribution in [0, 0.1) is 0 Å². The average molecular weight is 427 g/mol. The van der Waals surface area contributed by atoms with Gasteiger partial charge in [-0.25, -0.2) is 0 Å². The highest BCUT2D eigenvalue weighted by atomic mass is 79.9. The number of aromatic hydroxyl groups is 1. The summed E-state index contributed by atoms with van der Waals surface area (Å²) >= 11 is 3.54. The average Bonchev–Trinajstić information content (AvgIpc) is 2.71. The van der Waals surface area contributed by atoms with Crippen molar-refractivity contribution in [2.75, 3.05) is 13.7 Å². The number of halogens is 1. The SMILES string of the molecule is COc1cc(Br)c(CCNC(C)c2ccc(-c3ccncc3)cc2)cc1O. The Morgan fingerprint density at radius 3 is 2.41 bits per heavy atom. The summed E-state index contributed by atoms with van der Waals surface area (Å²) in [4.78, 5) is 4.06. The number of pyridine rings is 1. The highest BCUT2D eigenvalue weighted by molar-refractivity contribution is 9.10. The number of hydrogen-bond donors (Lipinski definition) is 2. The molecule has 0 spiro atoms. The zero-order valence-electron chi connectivity index (χ0n) is 15.4. The minimum Gasteiger partial charge on any atom is -0.504 e. The van der Waals surface area contributed by atoms with Gasteiger partial charge in [0.15, 0.2) is 11.5 Å². The minimum atomic E-state index is 0.162. The van der Waals surface area contributed by atoms with E-state index in [1.165, 1.54) is 16.7 Å². The van der Waals surface area contributed by atoms with Crippen LogP contribution in [0.4, 0.5) is 0 Å². The molecule has 1 atom stereocenters. The van der Waals surface area contributed by atoms with Crippen LogP contribution in [-0.2, 0) is 6.42 Å². The number of ether oxygens (including phenoxy) is 1. The summed E-state index contributed by atoms with van der Waals surface area (Å²) in [7, 11) is 1.55. The Morgan fingerprint density at radius 2 is 1.74 bits per heavy atom. The van der Waals surface area contributed by atoms with E-state index in [9.17, 15) is 5.11 Å². The van der Waals surface area contributed by atoms with E-state index >= 15 is 0 Å². The van der Waals surface area contributed by atoms with Gasteiger partial charge in [0.2, 0.25) is 0 Å². The summed E-state index contributed by atoms with van der Waals surface area (Å²) in [5.74, 6) is 0.636. The Labute approximate surface area is 168 Å². The maximum atomic E-state index is 9.95. The van der Waals surface area contributed by atoms with Crippen molar-refractivity contribution in [2.24, 2.45) is 0 Å². The van der Waals surface area contributed by atoms with Gasteiger partial charge in [-0.3, -0.25) is 4.98 Å². The molecule has 3 aromatic rings. The number of benzene rings is 2. The summed E-state index contributed by atoms with van der Waals surface area (Å²) in [6, 6.07) is 16.4. The van der Waals surface area contributed by atoms with Gasteiger partial charge >= 0.3 is 0 Å². The third-order valence-corrected chi connectivity index (χ3v) is 5.36. The van der Waals surface area contributed by atoms with Crippen molar-refractivity contribution >= 4 is 15.9 Å². The molecule has 5 heteroatoms. The summed E-state index contributed by atoms with van der Waals surface area (Å²) in [5, 5.41) is 13.5. The fourth-order valence-corrected chi connectivity index (χ4v) is 3.51. The van der Waals surface area contributed by atoms with Gasteiger partial charge in [-0.15, -0.1) is 0 Å². The van der Waals surface area contributed by atoms with Gasteiger partial charge in [-0.05, 0) is 66.4 Å². The molecule has 0 bridgehead atoms. The fraction of sp³-hybridized carbons (Fsp3) is 0.227. The zero-order valence-corrected chi connectivity index (χ0v) is 17.0. The number of nitrogens with one attached hydrogen (secondary N) is 1. The number of methoxy groups -OCH3 is 1. The predicted octanol–water partition coefficient (Wildman–Crippen LogP) is 5.12. The Bertz CT molecular complexity index is 883. The van der Waals surface area contributed by atoms with E-state index in [1.807, 2.05) is 24.5 Å². The lowest BCUT2D eigenvalue weighted by atomic mass is 10.0. The van der Waals surface area contributed by atoms with Crippen LogP contribution in [0.2, 0.25) is 0 Å². The summed E-state index contributed by atoms with van der Waals surface area (Å²) in [6.07, 6.45) is 4.42.